The highest BCUT2D eigenvalue weighted by atomic mass is 16.6. The lowest BCUT2D eigenvalue weighted by molar-refractivity contribution is 0.0537. The number of carbonyl (C=O) groups is 1. The van der Waals surface area contributed by atoms with Crippen molar-refractivity contribution in [3.8, 4) is 0 Å². The van der Waals surface area contributed by atoms with Crippen molar-refractivity contribution in [3.05, 3.63) is 54.5 Å². The van der Waals surface area contributed by atoms with E-state index in [2.05, 4.69) is 4.57 Å². The van der Waals surface area contributed by atoms with Gasteiger partial charge in [-0.3, -0.25) is 4.57 Å². The number of ether oxygens (including phenoxy) is 1. The number of nitrogens with zero attached hydrogens (tertiary/aromatic N) is 2. The summed E-state index contributed by atoms with van der Waals surface area (Å²) >= 11 is 0. The molecule has 2 N–H and O–H groups in total. The molecule has 0 saturated carbocycles. The van der Waals surface area contributed by atoms with E-state index in [9.17, 15) is 4.79 Å². The van der Waals surface area contributed by atoms with Crippen LogP contribution >= 0.6 is 0 Å². The van der Waals surface area contributed by atoms with Crippen LogP contribution in [0.25, 0.3) is 10.9 Å². The molecule has 1 aromatic carbocycles. The van der Waals surface area contributed by atoms with E-state index in [1.807, 2.05) is 57.3 Å². The fourth-order valence-electron chi connectivity index (χ4n) is 2.54. The van der Waals surface area contributed by atoms with Crippen LogP contribution < -0.4 is 5.73 Å². The third-order valence-electron chi connectivity index (χ3n) is 3.56. The lowest BCUT2D eigenvalue weighted by Gasteiger charge is -2.19. The SMILES string of the molecule is CC(C)(C)OC(=O)n1ccc(Cn2ccc3c(N)cccc32)c1. The van der Waals surface area contributed by atoms with E-state index < -0.39 is 5.60 Å². The number of nitrogens with two attached hydrogens (primary N) is 1. The van der Waals surface area contributed by atoms with Crippen LogP contribution in [-0.4, -0.2) is 20.8 Å². The highest BCUT2D eigenvalue weighted by Gasteiger charge is 2.17. The first-order valence-corrected chi connectivity index (χ1v) is 7.57. The Hall–Kier alpha value is -2.69. The maximum atomic E-state index is 12.1. The lowest BCUT2D eigenvalue weighted by Crippen LogP contribution is -2.26. The quantitative estimate of drug-likeness (QED) is 0.731. The molecule has 0 aliphatic carbocycles. The van der Waals surface area contributed by atoms with Crippen LogP contribution in [0.1, 0.15) is 26.3 Å². The molecule has 2 aromatic heterocycles. The van der Waals surface area contributed by atoms with E-state index in [0.29, 0.717) is 6.54 Å². The molecule has 23 heavy (non-hydrogen) atoms. The fourth-order valence-corrected chi connectivity index (χ4v) is 2.54. The second kappa shape index (κ2) is 5.50. The van der Waals surface area contributed by atoms with Crippen molar-refractivity contribution < 1.29 is 9.53 Å². The van der Waals surface area contributed by atoms with Crippen molar-refractivity contribution >= 4 is 22.7 Å². The molecule has 5 nitrogen and oxygen atoms in total. The maximum Gasteiger partial charge on any atom is 0.418 e. The van der Waals surface area contributed by atoms with Gasteiger partial charge in [0.05, 0.1) is 5.52 Å². The Balaban J connectivity index is 1.81. The number of rotatable bonds is 2. The van der Waals surface area contributed by atoms with E-state index in [1.165, 1.54) is 4.57 Å². The number of fused-ring (bicyclic) bond motifs is 1. The molecule has 0 bridgehead atoms. The van der Waals surface area contributed by atoms with Crippen LogP contribution in [0.4, 0.5) is 10.5 Å². The molecular weight excluding hydrogens is 290 g/mol. The Kier molecular flexibility index (Phi) is 3.64. The van der Waals surface area contributed by atoms with Gasteiger partial charge in [0.25, 0.3) is 0 Å². The Labute approximate surface area is 135 Å². The first-order valence-electron chi connectivity index (χ1n) is 7.57. The van der Waals surface area contributed by atoms with Gasteiger partial charge in [0, 0.05) is 36.2 Å². The molecule has 0 atom stereocenters. The molecule has 0 fully saturated rings. The van der Waals surface area contributed by atoms with Gasteiger partial charge in [0.2, 0.25) is 0 Å². The second-order valence-electron chi connectivity index (χ2n) is 6.63. The van der Waals surface area contributed by atoms with Crippen LogP contribution in [0.2, 0.25) is 0 Å². The summed E-state index contributed by atoms with van der Waals surface area (Å²) in [4.78, 5) is 12.1. The maximum absolute atomic E-state index is 12.1. The van der Waals surface area contributed by atoms with Gasteiger partial charge in [-0.05, 0) is 50.6 Å². The molecule has 0 saturated heterocycles. The normalized spacial score (nSPS) is 11.8. The molecule has 0 aliphatic rings. The minimum Gasteiger partial charge on any atom is -0.443 e. The third-order valence-corrected chi connectivity index (χ3v) is 3.56. The van der Waals surface area contributed by atoms with E-state index in [0.717, 1.165) is 22.2 Å². The highest BCUT2D eigenvalue weighted by molar-refractivity contribution is 5.91. The largest absolute Gasteiger partial charge is 0.443 e. The molecule has 120 valence electrons. The Morgan fingerprint density at radius 3 is 2.70 bits per heavy atom. The van der Waals surface area contributed by atoms with Crippen molar-refractivity contribution in [2.75, 3.05) is 5.73 Å². The van der Waals surface area contributed by atoms with Crippen molar-refractivity contribution in [2.45, 2.75) is 32.9 Å². The van der Waals surface area contributed by atoms with Crippen molar-refractivity contribution in [1.82, 2.24) is 9.13 Å². The Morgan fingerprint density at radius 1 is 1.17 bits per heavy atom. The van der Waals surface area contributed by atoms with Crippen LogP contribution in [-0.2, 0) is 11.3 Å². The number of anilines is 1. The summed E-state index contributed by atoms with van der Waals surface area (Å²) in [6, 6.07) is 9.81. The highest BCUT2D eigenvalue weighted by Crippen LogP contribution is 2.23. The van der Waals surface area contributed by atoms with Crippen LogP contribution in [0, 0.1) is 0 Å². The number of hydrogen-bond acceptors (Lipinski definition) is 3. The van der Waals surface area contributed by atoms with Crippen molar-refractivity contribution in [3.63, 3.8) is 0 Å². The van der Waals surface area contributed by atoms with E-state index in [1.54, 1.807) is 12.4 Å². The predicted octanol–water partition coefficient (Wildman–Crippen LogP) is 3.86. The zero-order chi connectivity index (χ0) is 16.6. The summed E-state index contributed by atoms with van der Waals surface area (Å²) in [6.45, 7) is 6.23. The van der Waals surface area contributed by atoms with Crippen LogP contribution in [0.5, 0.6) is 0 Å². The summed E-state index contributed by atoms with van der Waals surface area (Å²) in [5.41, 5.74) is 8.36. The molecule has 0 aliphatic heterocycles. The van der Waals surface area contributed by atoms with Gasteiger partial charge in [-0.15, -0.1) is 0 Å². The van der Waals surface area contributed by atoms with Gasteiger partial charge < -0.3 is 15.0 Å². The van der Waals surface area contributed by atoms with Gasteiger partial charge in [-0.25, -0.2) is 4.79 Å². The summed E-state index contributed by atoms with van der Waals surface area (Å²) in [6.07, 6.45) is 5.16. The molecule has 0 radical (unpaired) electrons. The van der Waals surface area contributed by atoms with E-state index in [4.69, 9.17) is 10.5 Å². The molecule has 0 amide bonds. The summed E-state index contributed by atoms with van der Waals surface area (Å²) in [7, 11) is 0. The standard InChI is InChI=1S/C18H21N3O2/c1-18(2,3)23-17(22)21-9-7-13(12-21)11-20-10-8-14-15(19)5-4-6-16(14)20/h4-10,12H,11,19H2,1-3H3. The number of benzene rings is 1. The smallest absolute Gasteiger partial charge is 0.418 e. The van der Waals surface area contributed by atoms with Crippen LogP contribution in [0.15, 0.2) is 48.9 Å². The van der Waals surface area contributed by atoms with E-state index >= 15 is 0 Å². The first-order chi connectivity index (χ1) is 10.8. The fraction of sp³-hybridized carbons (Fsp3) is 0.278. The van der Waals surface area contributed by atoms with Gasteiger partial charge >= 0.3 is 6.09 Å². The zero-order valence-corrected chi connectivity index (χ0v) is 13.6. The molecule has 0 spiro atoms. The summed E-state index contributed by atoms with van der Waals surface area (Å²) in [5.74, 6) is 0. The van der Waals surface area contributed by atoms with E-state index in [-0.39, 0.29) is 6.09 Å². The predicted molar refractivity (Wildman–Crippen MR) is 91.5 cm³/mol. The molecular formula is C18H21N3O2. The minimum absolute atomic E-state index is 0.370. The molecule has 5 heteroatoms. The number of carbonyl (C=O) groups excluding carboxylic acids is 1. The summed E-state index contributed by atoms with van der Waals surface area (Å²) in [5, 5.41) is 1.04. The monoisotopic (exact) mass is 311 g/mol. The molecule has 2 heterocycles. The third kappa shape index (κ3) is 3.23. The molecule has 3 rings (SSSR count). The Bertz CT molecular complexity index is 853. The topological polar surface area (TPSA) is 62.2 Å². The Morgan fingerprint density at radius 2 is 1.96 bits per heavy atom. The van der Waals surface area contributed by atoms with Gasteiger partial charge in [-0.2, -0.15) is 0 Å². The van der Waals surface area contributed by atoms with Crippen LogP contribution in [0.3, 0.4) is 0 Å². The lowest BCUT2D eigenvalue weighted by atomic mass is 10.2. The average Bonchev–Trinajstić information content (AvgIpc) is 3.06. The summed E-state index contributed by atoms with van der Waals surface area (Å²) < 4.78 is 8.94. The second-order valence-corrected chi connectivity index (χ2v) is 6.63. The van der Waals surface area contributed by atoms with Gasteiger partial charge in [0.15, 0.2) is 0 Å². The van der Waals surface area contributed by atoms with Gasteiger partial charge in [0.1, 0.15) is 5.60 Å². The number of nitrogen functional groups attached to an aromatic ring is 1. The molecule has 0 unspecified atom stereocenters. The average molecular weight is 311 g/mol. The minimum atomic E-state index is -0.504. The zero-order valence-electron chi connectivity index (χ0n) is 13.6. The number of aromatic nitrogens is 2. The van der Waals surface area contributed by atoms with Crippen molar-refractivity contribution in [1.29, 1.82) is 0 Å². The first kappa shape index (κ1) is 15.2. The van der Waals surface area contributed by atoms with Crippen molar-refractivity contribution in [2.24, 2.45) is 0 Å². The van der Waals surface area contributed by atoms with Gasteiger partial charge in [-0.1, -0.05) is 6.07 Å². The molecule has 3 aromatic rings. The number of hydrogen-bond donors (Lipinski definition) is 1.